The number of hydrogen-bond acceptors (Lipinski definition) is 3. The van der Waals surface area contributed by atoms with Crippen molar-refractivity contribution in [2.45, 2.75) is 70.7 Å². The molecular weight excluding hydrogens is 226 g/mol. The van der Waals surface area contributed by atoms with Crippen LogP contribution in [0.25, 0.3) is 0 Å². The Hall–Kier alpha value is -0.120. The van der Waals surface area contributed by atoms with Gasteiger partial charge in [-0.15, -0.1) is 0 Å². The Kier molecular flexibility index (Phi) is 3.41. The standard InChI is InChI=1S/C15H27NO2/c1-4-17-13-9-12(15(13,2)3)16-11-7-8-18-14(11)10-5-6-10/h10-14,16H,4-9H2,1-3H3. The Labute approximate surface area is 111 Å². The van der Waals surface area contributed by atoms with E-state index >= 15 is 0 Å². The summed E-state index contributed by atoms with van der Waals surface area (Å²) in [5.74, 6) is 0.843. The third-order valence-electron chi connectivity index (χ3n) is 5.18. The molecule has 0 aromatic heterocycles. The van der Waals surface area contributed by atoms with Crippen LogP contribution in [0.5, 0.6) is 0 Å². The lowest BCUT2D eigenvalue weighted by molar-refractivity contribution is -0.118. The maximum atomic E-state index is 5.91. The average Bonchev–Trinajstić information content (AvgIpc) is 3.08. The number of nitrogens with one attached hydrogen (secondary N) is 1. The van der Waals surface area contributed by atoms with Gasteiger partial charge in [-0.3, -0.25) is 0 Å². The van der Waals surface area contributed by atoms with E-state index in [4.69, 9.17) is 9.47 Å². The molecule has 1 saturated heterocycles. The van der Waals surface area contributed by atoms with Gasteiger partial charge in [-0.25, -0.2) is 0 Å². The zero-order valence-electron chi connectivity index (χ0n) is 11.9. The maximum Gasteiger partial charge on any atom is 0.0757 e. The average molecular weight is 253 g/mol. The van der Waals surface area contributed by atoms with Crippen LogP contribution in [0, 0.1) is 11.3 Å². The zero-order chi connectivity index (χ0) is 12.8. The summed E-state index contributed by atoms with van der Waals surface area (Å²) in [7, 11) is 0. The molecule has 0 radical (unpaired) electrons. The summed E-state index contributed by atoms with van der Waals surface area (Å²) in [6.45, 7) is 8.52. The highest BCUT2D eigenvalue weighted by atomic mass is 16.5. The fraction of sp³-hybridized carbons (Fsp3) is 1.00. The summed E-state index contributed by atoms with van der Waals surface area (Å²) in [5.41, 5.74) is 0.271. The summed E-state index contributed by atoms with van der Waals surface area (Å²) in [6, 6.07) is 1.19. The normalized spacial score (nSPS) is 42.8. The number of hydrogen-bond donors (Lipinski definition) is 1. The zero-order valence-corrected chi connectivity index (χ0v) is 11.9. The van der Waals surface area contributed by atoms with Gasteiger partial charge in [0.05, 0.1) is 12.2 Å². The minimum atomic E-state index is 0.271. The molecule has 3 heteroatoms. The van der Waals surface area contributed by atoms with E-state index in [1.165, 1.54) is 19.3 Å². The molecule has 1 heterocycles. The second-order valence-electron chi connectivity index (χ2n) is 6.79. The Morgan fingerprint density at radius 1 is 1.28 bits per heavy atom. The quantitative estimate of drug-likeness (QED) is 0.816. The molecule has 1 N–H and O–H groups in total. The van der Waals surface area contributed by atoms with Crippen LogP contribution in [-0.4, -0.2) is 37.5 Å². The molecule has 0 bridgehead atoms. The van der Waals surface area contributed by atoms with E-state index in [0.717, 1.165) is 25.6 Å². The predicted octanol–water partition coefficient (Wildman–Crippen LogP) is 2.35. The fourth-order valence-electron chi connectivity index (χ4n) is 3.59. The summed E-state index contributed by atoms with van der Waals surface area (Å²) >= 11 is 0. The monoisotopic (exact) mass is 253 g/mol. The molecule has 0 aromatic carbocycles. The van der Waals surface area contributed by atoms with Crippen molar-refractivity contribution in [3.05, 3.63) is 0 Å². The molecule has 0 aromatic rings. The van der Waals surface area contributed by atoms with Gasteiger partial charge in [-0.2, -0.15) is 0 Å². The summed E-state index contributed by atoms with van der Waals surface area (Å²) in [4.78, 5) is 0. The van der Waals surface area contributed by atoms with Crippen LogP contribution < -0.4 is 5.32 Å². The van der Waals surface area contributed by atoms with Gasteiger partial charge in [-0.05, 0) is 38.5 Å². The third kappa shape index (κ3) is 2.21. The van der Waals surface area contributed by atoms with E-state index in [0.29, 0.717) is 24.3 Å². The summed E-state index contributed by atoms with van der Waals surface area (Å²) < 4.78 is 11.7. The van der Waals surface area contributed by atoms with Gasteiger partial charge in [0.1, 0.15) is 0 Å². The van der Waals surface area contributed by atoms with Crippen molar-refractivity contribution in [2.75, 3.05) is 13.2 Å². The smallest absolute Gasteiger partial charge is 0.0757 e. The van der Waals surface area contributed by atoms with Crippen LogP contribution in [0.3, 0.4) is 0 Å². The first-order chi connectivity index (χ1) is 8.63. The first-order valence-electron chi connectivity index (χ1n) is 7.62. The largest absolute Gasteiger partial charge is 0.378 e. The number of rotatable bonds is 5. The summed E-state index contributed by atoms with van der Waals surface area (Å²) in [5, 5.41) is 3.86. The molecule has 3 rings (SSSR count). The lowest BCUT2D eigenvalue weighted by atomic mass is 9.64. The van der Waals surface area contributed by atoms with Gasteiger partial charge in [-0.1, -0.05) is 13.8 Å². The highest BCUT2D eigenvalue weighted by Gasteiger charge is 2.51. The maximum absolute atomic E-state index is 5.91. The molecule has 4 unspecified atom stereocenters. The third-order valence-corrected chi connectivity index (χ3v) is 5.18. The van der Waals surface area contributed by atoms with Crippen LogP contribution in [0.1, 0.15) is 46.5 Å². The molecule has 2 aliphatic carbocycles. The van der Waals surface area contributed by atoms with Crippen molar-refractivity contribution >= 4 is 0 Å². The van der Waals surface area contributed by atoms with Gasteiger partial charge in [0.15, 0.2) is 0 Å². The van der Waals surface area contributed by atoms with Crippen LogP contribution >= 0.6 is 0 Å². The predicted molar refractivity (Wildman–Crippen MR) is 71.6 cm³/mol. The molecular formula is C15H27NO2. The molecule has 0 spiro atoms. The van der Waals surface area contributed by atoms with Crippen LogP contribution in [-0.2, 0) is 9.47 Å². The SMILES string of the molecule is CCOC1CC(NC2CCOC2C2CC2)C1(C)C. The molecule has 3 fully saturated rings. The number of ether oxygens (including phenoxy) is 2. The van der Waals surface area contributed by atoms with Crippen molar-refractivity contribution in [1.82, 2.24) is 5.32 Å². The lowest BCUT2D eigenvalue weighted by Gasteiger charge is -2.53. The Balaban J connectivity index is 1.54. The van der Waals surface area contributed by atoms with Gasteiger partial charge < -0.3 is 14.8 Å². The van der Waals surface area contributed by atoms with E-state index in [1.807, 2.05) is 0 Å². The Morgan fingerprint density at radius 2 is 2.06 bits per heavy atom. The molecule has 1 aliphatic heterocycles. The topological polar surface area (TPSA) is 30.5 Å². The second kappa shape index (κ2) is 4.77. The molecule has 104 valence electrons. The lowest BCUT2D eigenvalue weighted by Crippen LogP contribution is -2.63. The van der Waals surface area contributed by atoms with Crippen molar-refractivity contribution in [2.24, 2.45) is 11.3 Å². The minimum absolute atomic E-state index is 0.271. The van der Waals surface area contributed by atoms with Crippen molar-refractivity contribution in [1.29, 1.82) is 0 Å². The Morgan fingerprint density at radius 3 is 2.67 bits per heavy atom. The van der Waals surface area contributed by atoms with E-state index < -0.39 is 0 Å². The molecule has 4 atom stereocenters. The highest BCUT2D eigenvalue weighted by molar-refractivity contribution is 5.05. The fourth-order valence-corrected chi connectivity index (χ4v) is 3.59. The van der Waals surface area contributed by atoms with Gasteiger partial charge >= 0.3 is 0 Å². The molecule has 3 aliphatic rings. The van der Waals surface area contributed by atoms with E-state index in [1.54, 1.807) is 0 Å². The van der Waals surface area contributed by atoms with Crippen LogP contribution in [0.15, 0.2) is 0 Å². The van der Waals surface area contributed by atoms with E-state index in [-0.39, 0.29) is 5.41 Å². The first kappa shape index (κ1) is 12.9. The second-order valence-corrected chi connectivity index (χ2v) is 6.79. The van der Waals surface area contributed by atoms with E-state index in [9.17, 15) is 0 Å². The van der Waals surface area contributed by atoms with Crippen LogP contribution in [0.4, 0.5) is 0 Å². The Bertz CT molecular complexity index is 301. The molecule has 3 nitrogen and oxygen atoms in total. The van der Waals surface area contributed by atoms with Gasteiger partial charge in [0.25, 0.3) is 0 Å². The molecule has 0 amide bonds. The molecule has 2 saturated carbocycles. The van der Waals surface area contributed by atoms with Crippen LogP contribution in [0.2, 0.25) is 0 Å². The van der Waals surface area contributed by atoms with Crippen molar-refractivity contribution in [3.63, 3.8) is 0 Å². The minimum Gasteiger partial charge on any atom is -0.378 e. The highest BCUT2D eigenvalue weighted by Crippen LogP contribution is 2.45. The molecule has 18 heavy (non-hydrogen) atoms. The van der Waals surface area contributed by atoms with Gasteiger partial charge in [0, 0.05) is 30.7 Å². The van der Waals surface area contributed by atoms with Crippen molar-refractivity contribution in [3.8, 4) is 0 Å². The van der Waals surface area contributed by atoms with E-state index in [2.05, 4.69) is 26.1 Å². The summed E-state index contributed by atoms with van der Waals surface area (Å²) in [6.07, 6.45) is 6.02. The van der Waals surface area contributed by atoms with Crippen molar-refractivity contribution < 1.29 is 9.47 Å². The first-order valence-corrected chi connectivity index (χ1v) is 7.62. The van der Waals surface area contributed by atoms with Gasteiger partial charge in [0.2, 0.25) is 0 Å².